The number of halogens is 4. The SMILES string of the molecule is C/C(Cn1c([N+](=O)[O-])cnc1C)=N\Nc1ccc2c3c(cccc13)C(=O)N(c1ccc(C(F)(F)F)cc1Cl)C2=O. The minimum Gasteiger partial charge on any atom is -0.358 e. The highest BCUT2D eigenvalue weighted by Crippen LogP contribution is 2.40. The molecule has 0 atom stereocenters. The third-order valence-corrected chi connectivity index (χ3v) is 6.70. The molecule has 204 valence electrons. The summed E-state index contributed by atoms with van der Waals surface area (Å²) in [5.74, 6) is -1.23. The van der Waals surface area contributed by atoms with Crippen molar-refractivity contribution in [2.45, 2.75) is 26.6 Å². The molecular weight excluding hydrogens is 553 g/mol. The van der Waals surface area contributed by atoms with E-state index in [1.165, 1.54) is 16.7 Å². The molecule has 0 unspecified atom stereocenters. The van der Waals surface area contributed by atoms with E-state index < -0.39 is 33.5 Å². The van der Waals surface area contributed by atoms with E-state index >= 15 is 0 Å². The maximum atomic E-state index is 13.4. The Kier molecular flexibility index (Phi) is 6.54. The molecule has 40 heavy (non-hydrogen) atoms. The third kappa shape index (κ3) is 4.53. The van der Waals surface area contributed by atoms with Gasteiger partial charge in [0.05, 0.1) is 27.7 Å². The van der Waals surface area contributed by atoms with Gasteiger partial charge >= 0.3 is 12.0 Å². The highest BCUT2D eigenvalue weighted by Gasteiger charge is 2.37. The number of nitrogens with one attached hydrogen (secondary N) is 1. The van der Waals surface area contributed by atoms with Crippen molar-refractivity contribution in [3.05, 3.63) is 92.4 Å². The summed E-state index contributed by atoms with van der Waals surface area (Å²) >= 11 is 6.10. The molecule has 3 aromatic carbocycles. The van der Waals surface area contributed by atoms with Gasteiger partial charge in [0.15, 0.2) is 5.82 Å². The van der Waals surface area contributed by atoms with Gasteiger partial charge < -0.3 is 10.1 Å². The maximum Gasteiger partial charge on any atom is 0.416 e. The summed E-state index contributed by atoms with van der Waals surface area (Å²) in [7, 11) is 0. The summed E-state index contributed by atoms with van der Waals surface area (Å²) in [6, 6.07) is 10.2. The zero-order chi connectivity index (χ0) is 28.9. The first-order valence-electron chi connectivity index (χ1n) is 11.7. The third-order valence-electron chi connectivity index (χ3n) is 6.40. The maximum absolute atomic E-state index is 13.4. The topological polar surface area (TPSA) is 123 Å². The number of imidazole rings is 1. The number of hydrazone groups is 1. The summed E-state index contributed by atoms with van der Waals surface area (Å²) in [5.41, 5.74) is 2.96. The Labute approximate surface area is 228 Å². The van der Waals surface area contributed by atoms with E-state index in [9.17, 15) is 32.9 Å². The number of hydrogen-bond acceptors (Lipinski definition) is 7. The number of anilines is 2. The van der Waals surface area contributed by atoms with Crippen molar-refractivity contribution >= 4 is 57.1 Å². The smallest absolute Gasteiger partial charge is 0.358 e. The zero-order valence-electron chi connectivity index (χ0n) is 20.8. The molecule has 0 fully saturated rings. The van der Waals surface area contributed by atoms with Crippen LogP contribution in [0.4, 0.5) is 30.4 Å². The van der Waals surface area contributed by atoms with Crippen LogP contribution < -0.4 is 10.3 Å². The number of aryl methyl sites for hydroxylation is 1. The van der Waals surface area contributed by atoms with E-state index in [0.29, 0.717) is 34.1 Å². The van der Waals surface area contributed by atoms with Crippen LogP contribution in [0.1, 0.15) is 39.0 Å². The van der Waals surface area contributed by atoms with Crippen LogP contribution in [0, 0.1) is 17.0 Å². The second kappa shape index (κ2) is 9.75. The van der Waals surface area contributed by atoms with Crippen LogP contribution in [0.15, 0.2) is 59.8 Å². The average Bonchev–Trinajstić information content (AvgIpc) is 3.26. The second-order valence-electron chi connectivity index (χ2n) is 8.96. The number of imide groups is 1. The predicted molar refractivity (Wildman–Crippen MR) is 142 cm³/mol. The number of rotatable bonds is 6. The fraction of sp³-hybridized carbons (Fsp3) is 0.154. The number of aromatic nitrogens is 2. The van der Waals surface area contributed by atoms with Crippen LogP contribution in [0.2, 0.25) is 5.02 Å². The number of alkyl halides is 3. The van der Waals surface area contributed by atoms with Gasteiger partial charge in [-0.2, -0.15) is 18.3 Å². The molecule has 1 N–H and O–H groups in total. The van der Waals surface area contributed by atoms with Gasteiger partial charge in [-0.3, -0.25) is 15.0 Å². The average molecular weight is 571 g/mol. The number of carbonyl (C=O) groups excluding carboxylic acids is 2. The fourth-order valence-corrected chi connectivity index (χ4v) is 4.76. The Morgan fingerprint density at radius 2 is 1.82 bits per heavy atom. The summed E-state index contributed by atoms with van der Waals surface area (Å²) in [4.78, 5) is 42.3. The molecular formula is C26H18ClF3N6O4. The van der Waals surface area contributed by atoms with Crippen molar-refractivity contribution in [3.8, 4) is 0 Å². The van der Waals surface area contributed by atoms with E-state index in [2.05, 4.69) is 15.5 Å². The molecule has 0 saturated heterocycles. The molecule has 2 heterocycles. The molecule has 5 rings (SSSR count). The van der Waals surface area contributed by atoms with Crippen molar-refractivity contribution in [3.63, 3.8) is 0 Å². The quantitative estimate of drug-likeness (QED) is 0.127. The van der Waals surface area contributed by atoms with Gasteiger partial charge in [-0.05, 0) is 48.2 Å². The lowest BCUT2D eigenvalue weighted by atomic mass is 9.92. The highest BCUT2D eigenvalue weighted by molar-refractivity contribution is 6.40. The first-order valence-corrected chi connectivity index (χ1v) is 12.0. The minimum absolute atomic E-state index is 0.0935. The van der Waals surface area contributed by atoms with Gasteiger partial charge in [-0.1, -0.05) is 23.7 Å². The van der Waals surface area contributed by atoms with Crippen molar-refractivity contribution in [2.75, 3.05) is 10.3 Å². The summed E-state index contributed by atoms with van der Waals surface area (Å²) in [5, 5.41) is 16.0. The number of nitro groups is 1. The Morgan fingerprint density at radius 3 is 2.48 bits per heavy atom. The van der Waals surface area contributed by atoms with Gasteiger partial charge in [-0.25, -0.2) is 14.5 Å². The van der Waals surface area contributed by atoms with E-state index in [0.717, 1.165) is 23.2 Å². The summed E-state index contributed by atoms with van der Waals surface area (Å²) in [6.07, 6.45) is -3.48. The van der Waals surface area contributed by atoms with Gasteiger partial charge in [-0.15, -0.1) is 0 Å². The van der Waals surface area contributed by atoms with Crippen molar-refractivity contribution in [1.29, 1.82) is 0 Å². The minimum atomic E-state index is -4.65. The molecule has 1 aliphatic rings. The first-order chi connectivity index (χ1) is 18.9. The normalized spacial score (nSPS) is 13.8. The van der Waals surface area contributed by atoms with Crippen LogP contribution in [0.25, 0.3) is 10.8 Å². The van der Waals surface area contributed by atoms with Gasteiger partial charge in [0.1, 0.15) is 12.7 Å². The summed E-state index contributed by atoms with van der Waals surface area (Å²) < 4.78 is 40.7. The lowest BCUT2D eigenvalue weighted by Gasteiger charge is -2.28. The van der Waals surface area contributed by atoms with Crippen molar-refractivity contribution in [2.24, 2.45) is 5.10 Å². The van der Waals surface area contributed by atoms with Crippen LogP contribution in [0.5, 0.6) is 0 Å². The van der Waals surface area contributed by atoms with Crippen LogP contribution in [0.3, 0.4) is 0 Å². The molecule has 1 aromatic heterocycles. The molecule has 10 nitrogen and oxygen atoms in total. The van der Waals surface area contributed by atoms with Gasteiger partial charge in [0.25, 0.3) is 11.8 Å². The Morgan fingerprint density at radius 1 is 1.12 bits per heavy atom. The lowest BCUT2D eigenvalue weighted by molar-refractivity contribution is -0.392. The van der Waals surface area contributed by atoms with Gasteiger partial charge in [0, 0.05) is 28.8 Å². The fourth-order valence-electron chi connectivity index (χ4n) is 4.49. The second-order valence-corrected chi connectivity index (χ2v) is 9.37. The first kappa shape index (κ1) is 26.8. The molecule has 2 amide bonds. The van der Waals surface area contributed by atoms with E-state index in [1.807, 2.05) is 0 Å². The number of amides is 2. The molecule has 0 radical (unpaired) electrons. The van der Waals surface area contributed by atoms with E-state index in [1.54, 1.807) is 32.0 Å². The predicted octanol–water partition coefficient (Wildman–Crippen LogP) is 6.21. The highest BCUT2D eigenvalue weighted by atomic mass is 35.5. The summed E-state index contributed by atoms with van der Waals surface area (Å²) in [6.45, 7) is 3.39. The number of hydrogen-bond donors (Lipinski definition) is 1. The Hall–Kier alpha value is -4.78. The number of nitrogens with zero attached hydrogens (tertiary/aromatic N) is 5. The molecule has 0 bridgehead atoms. The van der Waals surface area contributed by atoms with Gasteiger partial charge in [0.2, 0.25) is 0 Å². The van der Waals surface area contributed by atoms with E-state index in [4.69, 9.17) is 11.6 Å². The standard InChI is InChI=1S/C26H18ClF3N6O4/c1-13(12-34-14(2)31-11-22(34)36(39)40)32-33-20-8-7-18-23-16(20)4-3-5-17(23)24(37)35(25(18)38)21-9-6-15(10-19(21)27)26(28,29)30/h3-11,33H,12H2,1-2H3/b32-13+. The molecule has 0 saturated carbocycles. The van der Waals surface area contributed by atoms with E-state index in [-0.39, 0.29) is 29.2 Å². The number of benzene rings is 3. The molecule has 4 aromatic rings. The monoisotopic (exact) mass is 570 g/mol. The van der Waals surface area contributed by atoms with Crippen LogP contribution >= 0.6 is 11.6 Å². The van der Waals surface area contributed by atoms with Crippen LogP contribution in [-0.2, 0) is 12.7 Å². The molecule has 14 heteroatoms. The largest absolute Gasteiger partial charge is 0.416 e. The molecule has 1 aliphatic heterocycles. The molecule has 0 spiro atoms. The Bertz CT molecular complexity index is 1740. The lowest BCUT2D eigenvalue weighted by Crippen LogP contribution is -2.40. The molecule has 0 aliphatic carbocycles. The van der Waals surface area contributed by atoms with Crippen LogP contribution in [-0.4, -0.2) is 32.0 Å². The van der Waals surface area contributed by atoms with Crippen molar-refractivity contribution in [1.82, 2.24) is 9.55 Å². The zero-order valence-corrected chi connectivity index (χ0v) is 21.5. The Balaban J connectivity index is 1.49. The van der Waals surface area contributed by atoms with Crippen molar-refractivity contribution < 1.29 is 27.7 Å². The number of carbonyl (C=O) groups is 2.